The number of aliphatic carboxylic acids is 1. The van der Waals surface area contributed by atoms with Crippen LogP contribution in [0.1, 0.15) is 0 Å². The van der Waals surface area contributed by atoms with Gasteiger partial charge in [-0.05, 0) is 29.3 Å². The highest BCUT2D eigenvalue weighted by atomic mass is 19.4. The molecule has 0 radical (unpaired) electrons. The van der Waals surface area contributed by atoms with Gasteiger partial charge in [-0.2, -0.15) is 13.2 Å². The molecule has 1 aromatic carbocycles. The zero-order valence-electron chi connectivity index (χ0n) is 16.7. The topological polar surface area (TPSA) is 101 Å². The van der Waals surface area contributed by atoms with Crippen molar-refractivity contribution in [1.82, 2.24) is 19.9 Å². The van der Waals surface area contributed by atoms with Gasteiger partial charge in [0.15, 0.2) is 5.82 Å². The van der Waals surface area contributed by atoms with Crippen LogP contribution < -0.4 is 4.74 Å². The summed E-state index contributed by atoms with van der Waals surface area (Å²) in [5, 5.41) is 7.12. The highest BCUT2D eigenvalue weighted by Crippen LogP contribution is 2.26. The van der Waals surface area contributed by atoms with E-state index >= 15 is 0 Å². The number of nitrogens with one attached hydrogen (secondary N) is 1. The average Bonchev–Trinajstić information content (AvgIpc) is 3.30. The Morgan fingerprint density at radius 3 is 2.34 bits per heavy atom. The lowest BCUT2D eigenvalue weighted by molar-refractivity contribution is -0.192. The summed E-state index contributed by atoms with van der Waals surface area (Å²) >= 11 is 0. The molecule has 0 spiro atoms. The summed E-state index contributed by atoms with van der Waals surface area (Å²) in [6.45, 7) is 0. The molecule has 10 heteroatoms. The molecule has 0 aliphatic rings. The largest absolute Gasteiger partial charge is 0.495 e. The predicted molar refractivity (Wildman–Crippen MR) is 111 cm³/mol. The average molecular weight is 442 g/mol. The maximum absolute atomic E-state index is 10.6. The van der Waals surface area contributed by atoms with Gasteiger partial charge >= 0.3 is 12.1 Å². The summed E-state index contributed by atoms with van der Waals surface area (Å²) in [6.07, 6.45) is 2.00. The third kappa shape index (κ3) is 5.69. The van der Waals surface area contributed by atoms with E-state index in [4.69, 9.17) is 14.6 Å². The number of benzene rings is 1. The number of carbonyl (C=O) groups is 1. The highest BCUT2D eigenvalue weighted by molar-refractivity contribution is 5.73. The molecule has 4 rings (SSSR count). The number of ether oxygens (including phenoxy) is 1. The Morgan fingerprint density at radius 1 is 0.969 bits per heavy atom. The van der Waals surface area contributed by atoms with Crippen LogP contribution in [0.3, 0.4) is 0 Å². The number of carboxylic acids is 1. The van der Waals surface area contributed by atoms with Gasteiger partial charge in [-0.25, -0.2) is 9.78 Å². The Hall–Kier alpha value is -4.21. The van der Waals surface area contributed by atoms with Crippen LogP contribution in [0.2, 0.25) is 0 Å². The summed E-state index contributed by atoms with van der Waals surface area (Å²) in [5.41, 5.74) is 4.81. The Bertz CT molecular complexity index is 1190. The number of imidazole rings is 1. The molecule has 3 heterocycles. The second-order valence-electron chi connectivity index (χ2n) is 6.36. The van der Waals surface area contributed by atoms with E-state index in [1.807, 2.05) is 54.7 Å². The van der Waals surface area contributed by atoms with Gasteiger partial charge in [0.05, 0.1) is 25.2 Å². The Balaban J connectivity index is 0.000000360. The van der Waals surface area contributed by atoms with Crippen LogP contribution >= 0.6 is 0 Å². The number of aromatic amines is 1. The molecular formula is C22H17F3N4O3. The number of hydrogen-bond donors (Lipinski definition) is 2. The number of methoxy groups -OCH3 is 1. The monoisotopic (exact) mass is 442 g/mol. The molecule has 0 fully saturated rings. The second-order valence-corrected chi connectivity index (χ2v) is 6.36. The minimum atomic E-state index is -5.08. The van der Waals surface area contributed by atoms with Crippen molar-refractivity contribution in [3.63, 3.8) is 0 Å². The van der Waals surface area contributed by atoms with E-state index in [9.17, 15) is 13.2 Å². The van der Waals surface area contributed by atoms with Gasteiger partial charge in [0.2, 0.25) is 0 Å². The SMILES string of the molecule is COc1cncc(-c2ccnc(-c3ncc(-c4ccccc4)[nH]3)c2)c1.O=C(O)C(F)(F)F. The number of aromatic nitrogens is 4. The minimum absolute atomic E-state index is 0.722. The first kappa shape index (κ1) is 22.5. The molecule has 3 aromatic heterocycles. The number of pyridine rings is 2. The van der Waals surface area contributed by atoms with Crippen LogP contribution in [0.4, 0.5) is 13.2 Å². The van der Waals surface area contributed by atoms with E-state index in [0.29, 0.717) is 0 Å². The summed E-state index contributed by atoms with van der Waals surface area (Å²) in [6, 6.07) is 16.0. The quantitative estimate of drug-likeness (QED) is 0.469. The molecule has 0 unspecified atom stereocenters. The molecule has 0 aliphatic heterocycles. The van der Waals surface area contributed by atoms with Crippen molar-refractivity contribution in [3.8, 4) is 39.7 Å². The molecule has 0 saturated heterocycles. The summed E-state index contributed by atoms with van der Waals surface area (Å²) in [7, 11) is 1.63. The van der Waals surface area contributed by atoms with Crippen molar-refractivity contribution in [3.05, 3.63) is 73.3 Å². The van der Waals surface area contributed by atoms with Crippen LogP contribution in [-0.4, -0.2) is 44.3 Å². The van der Waals surface area contributed by atoms with Crippen LogP contribution in [0, 0.1) is 0 Å². The van der Waals surface area contributed by atoms with Gasteiger partial charge in [-0.3, -0.25) is 9.97 Å². The summed E-state index contributed by atoms with van der Waals surface area (Å²) in [4.78, 5) is 25.4. The maximum Gasteiger partial charge on any atom is 0.490 e. The molecule has 0 atom stereocenters. The van der Waals surface area contributed by atoms with Crippen LogP contribution in [-0.2, 0) is 4.79 Å². The number of nitrogens with zero attached hydrogens (tertiary/aromatic N) is 3. The van der Waals surface area contributed by atoms with Crippen molar-refractivity contribution in [2.75, 3.05) is 7.11 Å². The van der Waals surface area contributed by atoms with E-state index in [1.165, 1.54) is 0 Å². The number of H-pyrrole nitrogens is 1. The molecule has 164 valence electrons. The fraction of sp³-hybridized carbons (Fsp3) is 0.0909. The van der Waals surface area contributed by atoms with Crippen LogP contribution in [0.15, 0.2) is 73.3 Å². The molecule has 32 heavy (non-hydrogen) atoms. The van der Waals surface area contributed by atoms with Gasteiger partial charge in [0.25, 0.3) is 0 Å². The van der Waals surface area contributed by atoms with Gasteiger partial charge in [-0.15, -0.1) is 0 Å². The van der Waals surface area contributed by atoms with Gasteiger partial charge < -0.3 is 14.8 Å². The van der Waals surface area contributed by atoms with E-state index in [0.717, 1.165) is 39.7 Å². The lowest BCUT2D eigenvalue weighted by Gasteiger charge is -2.05. The molecular weight excluding hydrogens is 425 g/mol. The Labute approximate surface area is 180 Å². The van der Waals surface area contributed by atoms with Crippen molar-refractivity contribution in [2.45, 2.75) is 6.18 Å². The molecule has 0 saturated carbocycles. The molecule has 2 N–H and O–H groups in total. The first-order valence-electron chi connectivity index (χ1n) is 9.14. The smallest absolute Gasteiger partial charge is 0.490 e. The number of carboxylic acid groups (broad SMARTS) is 1. The van der Waals surface area contributed by atoms with Crippen molar-refractivity contribution >= 4 is 5.97 Å². The van der Waals surface area contributed by atoms with Gasteiger partial charge in [0, 0.05) is 18.0 Å². The third-order valence-electron chi connectivity index (χ3n) is 4.19. The zero-order chi connectivity index (χ0) is 23.1. The normalized spacial score (nSPS) is 10.8. The molecule has 0 aliphatic carbocycles. The Morgan fingerprint density at radius 2 is 1.69 bits per heavy atom. The lowest BCUT2D eigenvalue weighted by Crippen LogP contribution is -2.21. The molecule has 0 amide bonds. The van der Waals surface area contributed by atoms with Gasteiger partial charge in [-0.1, -0.05) is 30.3 Å². The van der Waals surface area contributed by atoms with Crippen molar-refractivity contribution in [1.29, 1.82) is 0 Å². The fourth-order valence-corrected chi connectivity index (χ4v) is 2.64. The number of rotatable bonds is 4. The summed E-state index contributed by atoms with van der Waals surface area (Å²) < 4.78 is 37.0. The van der Waals surface area contributed by atoms with Gasteiger partial charge in [0.1, 0.15) is 11.4 Å². The first-order chi connectivity index (χ1) is 15.3. The fourth-order valence-electron chi connectivity index (χ4n) is 2.64. The zero-order valence-corrected chi connectivity index (χ0v) is 16.7. The van der Waals surface area contributed by atoms with E-state index < -0.39 is 12.1 Å². The number of alkyl halides is 3. The van der Waals surface area contributed by atoms with Crippen LogP contribution in [0.5, 0.6) is 5.75 Å². The molecule has 7 nitrogen and oxygen atoms in total. The van der Waals surface area contributed by atoms with E-state index in [2.05, 4.69) is 19.9 Å². The van der Waals surface area contributed by atoms with Crippen LogP contribution in [0.25, 0.3) is 33.9 Å². The first-order valence-corrected chi connectivity index (χ1v) is 9.14. The third-order valence-corrected chi connectivity index (χ3v) is 4.19. The van der Waals surface area contributed by atoms with Crippen molar-refractivity contribution < 1.29 is 27.8 Å². The molecule has 4 aromatic rings. The standard InChI is InChI=1S/C20H16N4O.C2HF3O2/c1-25-17-9-16(11-21-12-17)15-7-8-22-18(10-15)20-23-13-19(24-20)14-5-3-2-4-6-14;3-2(4,5)1(6)7/h2-13H,1H3,(H,23,24);(H,6,7). The predicted octanol–water partition coefficient (Wildman–Crippen LogP) is 4.84. The Kier molecular flexibility index (Phi) is 6.83. The molecule has 0 bridgehead atoms. The summed E-state index contributed by atoms with van der Waals surface area (Å²) in [5.74, 6) is -1.30. The van der Waals surface area contributed by atoms with Crippen molar-refractivity contribution in [2.24, 2.45) is 0 Å². The van der Waals surface area contributed by atoms with E-state index in [1.54, 1.807) is 25.7 Å². The van der Waals surface area contributed by atoms with E-state index in [-0.39, 0.29) is 0 Å². The minimum Gasteiger partial charge on any atom is -0.495 e. The highest BCUT2D eigenvalue weighted by Gasteiger charge is 2.38. The maximum atomic E-state index is 10.6. The second kappa shape index (κ2) is 9.73. The number of hydrogen-bond acceptors (Lipinski definition) is 5. The lowest BCUT2D eigenvalue weighted by atomic mass is 10.1. The number of halogens is 3.